The summed E-state index contributed by atoms with van der Waals surface area (Å²) in [5, 5.41) is 2.85. The number of halogens is 2. The topological polar surface area (TPSA) is 26.3 Å². The van der Waals surface area contributed by atoms with Gasteiger partial charge in [0.15, 0.2) is 5.78 Å². The third-order valence-electron chi connectivity index (χ3n) is 4.67. The molecule has 4 heteroatoms. The second-order valence-corrected chi connectivity index (χ2v) is 9.23. The second-order valence-electron chi connectivity index (χ2n) is 8.00. The summed E-state index contributed by atoms with van der Waals surface area (Å²) in [4.78, 5) is 12.7. The van der Waals surface area contributed by atoms with Crippen LogP contribution in [0.1, 0.15) is 44.9 Å². The maximum Gasteiger partial charge on any atom is 0.163 e. The Balaban J connectivity index is 2.43. The zero-order chi connectivity index (χ0) is 20.6. The van der Waals surface area contributed by atoms with E-state index >= 15 is 0 Å². The van der Waals surface area contributed by atoms with E-state index in [0.717, 1.165) is 37.5 Å². The van der Waals surface area contributed by atoms with Crippen LogP contribution in [0.5, 0.6) is 0 Å². The van der Waals surface area contributed by atoms with Gasteiger partial charge in [-0.1, -0.05) is 48.0 Å². The first kappa shape index (κ1) is 21.0. The number of rotatable bonds is 4. The quantitative estimate of drug-likeness (QED) is 0.400. The second kappa shape index (κ2) is 7.98. The summed E-state index contributed by atoms with van der Waals surface area (Å²) in [5.41, 5.74) is 3.47. The molecule has 0 N–H and O–H groups in total. The standard InChI is InChI=1S/C24H24BrClO2/c1-14-20(23(15(2)27)28-24(3,4)5)21(16-10-12-17(26)13-11-16)18-8-6-7-9-19(18)22(14)25/h6-13,23H,1-5H3. The molecule has 28 heavy (non-hydrogen) atoms. The largest absolute Gasteiger partial charge is 0.360 e. The van der Waals surface area contributed by atoms with Gasteiger partial charge in [-0.05, 0) is 90.1 Å². The number of Topliss-reactive ketones (excluding diaryl/α,β-unsaturated/α-hetero) is 1. The summed E-state index contributed by atoms with van der Waals surface area (Å²) in [5.74, 6) is -0.0181. The van der Waals surface area contributed by atoms with Crippen LogP contribution in [0.3, 0.4) is 0 Å². The molecule has 0 aromatic heterocycles. The number of ketones is 1. The maximum absolute atomic E-state index is 12.7. The fraction of sp³-hybridized carbons (Fsp3) is 0.292. The molecule has 3 aromatic carbocycles. The number of ether oxygens (including phenoxy) is 1. The molecule has 0 saturated heterocycles. The van der Waals surface area contributed by atoms with Gasteiger partial charge in [0.2, 0.25) is 0 Å². The Morgan fingerprint density at radius 3 is 2.14 bits per heavy atom. The van der Waals surface area contributed by atoms with Gasteiger partial charge >= 0.3 is 0 Å². The van der Waals surface area contributed by atoms with Crippen molar-refractivity contribution < 1.29 is 9.53 Å². The van der Waals surface area contributed by atoms with Crippen LogP contribution in [0.15, 0.2) is 53.0 Å². The molecule has 0 radical (unpaired) electrons. The van der Waals surface area contributed by atoms with Crippen LogP contribution < -0.4 is 0 Å². The van der Waals surface area contributed by atoms with Crippen molar-refractivity contribution in [3.63, 3.8) is 0 Å². The summed E-state index contributed by atoms with van der Waals surface area (Å²) in [6.45, 7) is 9.53. The Morgan fingerprint density at radius 1 is 1.04 bits per heavy atom. The van der Waals surface area contributed by atoms with Gasteiger partial charge in [-0.2, -0.15) is 0 Å². The SMILES string of the molecule is CC(=O)C(OC(C)(C)C)c1c(C)c(Br)c2ccccc2c1-c1ccc(Cl)cc1. The van der Waals surface area contributed by atoms with E-state index in [2.05, 4.69) is 28.1 Å². The highest BCUT2D eigenvalue weighted by molar-refractivity contribution is 9.10. The number of fused-ring (bicyclic) bond motifs is 1. The van der Waals surface area contributed by atoms with Gasteiger partial charge in [0, 0.05) is 15.1 Å². The molecule has 0 aliphatic carbocycles. The Bertz CT molecular complexity index is 1030. The fourth-order valence-electron chi connectivity index (χ4n) is 3.50. The molecule has 0 amide bonds. The number of hydrogen-bond donors (Lipinski definition) is 0. The van der Waals surface area contributed by atoms with Crippen molar-refractivity contribution in [2.45, 2.75) is 46.3 Å². The molecule has 0 spiro atoms. The van der Waals surface area contributed by atoms with E-state index in [-0.39, 0.29) is 5.78 Å². The predicted molar refractivity (Wildman–Crippen MR) is 121 cm³/mol. The summed E-state index contributed by atoms with van der Waals surface area (Å²) >= 11 is 9.89. The zero-order valence-corrected chi connectivity index (χ0v) is 19.1. The van der Waals surface area contributed by atoms with Gasteiger partial charge in [-0.15, -0.1) is 0 Å². The van der Waals surface area contributed by atoms with E-state index in [1.807, 2.05) is 64.1 Å². The Labute approximate surface area is 180 Å². The fourth-order valence-corrected chi connectivity index (χ4v) is 4.18. The summed E-state index contributed by atoms with van der Waals surface area (Å²) in [7, 11) is 0. The highest BCUT2D eigenvalue weighted by Crippen LogP contribution is 2.44. The van der Waals surface area contributed by atoms with Gasteiger partial charge < -0.3 is 4.74 Å². The lowest BCUT2D eigenvalue weighted by atomic mass is 9.86. The first-order valence-electron chi connectivity index (χ1n) is 9.25. The van der Waals surface area contributed by atoms with Crippen LogP contribution in [0.4, 0.5) is 0 Å². The Kier molecular flexibility index (Phi) is 6.00. The van der Waals surface area contributed by atoms with E-state index in [9.17, 15) is 4.79 Å². The highest BCUT2D eigenvalue weighted by atomic mass is 79.9. The van der Waals surface area contributed by atoms with E-state index in [4.69, 9.17) is 16.3 Å². The smallest absolute Gasteiger partial charge is 0.163 e. The molecule has 3 rings (SSSR count). The van der Waals surface area contributed by atoms with E-state index in [1.165, 1.54) is 0 Å². The lowest BCUT2D eigenvalue weighted by Gasteiger charge is -2.30. The summed E-state index contributed by atoms with van der Waals surface area (Å²) in [6.07, 6.45) is -0.661. The van der Waals surface area contributed by atoms with Crippen LogP contribution >= 0.6 is 27.5 Å². The Hall–Kier alpha value is -1.68. The molecule has 0 aliphatic rings. The molecule has 3 aromatic rings. The lowest BCUT2D eigenvalue weighted by Crippen LogP contribution is -2.27. The minimum Gasteiger partial charge on any atom is -0.360 e. The third kappa shape index (κ3) is 4.17. The normalized spacial score (nSPS) is 13.0. The van der Waals surface area contributed by atoms with Crippen molar-refractivity contribution in [2.24, 2.45) is 0 Å². The average molecular weight is 460 g/mol. The van der Waals surface area contributed by atoms with Gasteiger partial charge in [-0.3, -0.25) is 4.79 Å². The maximum atomic E-state index is 12.7. The monoisotopic (exact) mass is 458 g/mol. The van der Waals surface area contributed by atoms with Gasteiger partial charge in [-0.25, -0.2) is 0 Å². The van der Waals surface area contributed by atoms with Crippen LogP contribution in [0.25, 0.3) is 21.9 Å². The molecule has 0 heterocycles. The number of carbonyl (C=O) groups excluding carboxylic acids is 1. The minimum absolute atomic E-state index is 0.0181. The van der Waals surface area contributed by atoms with E-state index in [1.54, 1.807) is 6.92 Å². The van der Waals surface area contributed by atoms with Crippen molar-refractivity contribution in [3.8, 4) is 11.1 Å². The molecule has 0 aliphatic heterocycles. The highest BCUT2D eigenvalue weighted by Gasteiger charge is 2.30. The lowest BCUT2D eigenvalue weighted by molar-refractivity contribution is -0.138. The number of hydrogen-bond acceptors (Lipinski definition) is 2. The summed E-state index contributed by atoms with van der Waals surface area (Å²) in [6, 6.07) is 15.9. The molecule has 146 valence electrons. The molecule has 2 nitrogen and oxygen atoms in total. The van der Waals surface area contributed by atoms with Crippen molar-refractivity contribution >= 4 is 44.1 Å². The molecule has 1 atom stereocenters. The third-order valence-corrected chi connectivity index (χ3v) is 5.95. The molecule has 0 fully saturated rings. The number of benzene rings is 3. The van der Waals surface area contributed by atoms with Crippen molar-refractivity contribution in [1.29, 1.82) is 0 Å². The first-order valence-corrected chi connectivity index (χ1v) is 10.4. The van der Waals surface area contributed by atoms with Crippen LogP contribution in [0, 0.1) is 6.92 Å². The molecule has 0 saturated carbocycles. The van der Waals surface area contributed by atoms with Crippen molar-refractivity contribution in [1.82, 2.24) is 0 Å². The van der Waals surface area contributed by atoms with Gasteiger partial charge in [0.25, 0.3) is 0 Å². The number of carbonyl (C=O) groups is 1. The van der Waals surface area contributed by atoms with Gasteiger partial charge in [0.1, 0.15) is 6.10 Å². The molecule has 0 bridgehead atoms. The van der Waals surface area contributed by atoms with Crippen LogP contribution in [-0.2, 0) is 9.53 Å². The molecular weight excluding hydrogens is 436 g/mol. The van der Waals surface area contributed by atoms with Crippen molar-refractivity contribution in [2.75, 3.05) is 0 Å². The first-order chi connectivity index (χ1) is 13.1. The Morgan fingerprint density at radius 2 is 1.61 bits per heavy atom. The molecular formula is C24H24BrClO2. The van der Waals surface area contributed by atoms with Crippen LogP contribution in [-0.4, -0.2) is 11.4 Å². The predicted octanol–water partition coefficient (Wildman–Crippen LogP) is 7.68. The minimum atomic E-state index is -0.661. The molecule has 1 unspecified atom stereocenters. The summed E-state index contributed by atoms with van der Waals surface area (Å²) < 4.78 is 7.25. The van der Waals surface area contributed by atoms with Gasteiger partial charge in [0.05, 0.1) is 5.60 Å². The zero-order valence-electron chi connectivity index (χ0n) is 16.8. The van der Waals surface area contributed by atoms with E-state index in [0.29, 0.717) is 5.02 Å². The van der Waals surface area contributed by atoms with Crippen LogP contribution in [0.2, 0.25) is 5.02 Å². The van der Waals surface area contributed by atoms with Crippen molar-refractivity contribution in [3.05, 3.63) is 69.2 Å². The average Bonchev–Trinajstić information content (AvgIpc) is 2.63. The van der Waals surface area contributed by atoms with E-state index < -0.39 is 11.7 Å².